The maximum atomic E-state index is 14.8. The number of hydrogen-bond donors (Lipinski definition) is 3. The molecular formula is C27H25F3N6O3. The van der Waals surface area contributed by atoms with E-state index in [1.54, 1.807) is 6.07 Å². The predicted octanol–water partition coefficient (Wildman–Crippen LogP) is 5.78. The Morgan fingerprint density at radius 2 is 1.64 bits per heavy atom. The lowest BCUT2D eigenvalue weighted by atomic mass is 9.92. The van der Waals surface area contributed by atoms with Gasteiger partial charge >= 0.3 is 6.03 Å². The van der Waals surface area contributed by atoms with Gasteiger partial charge in [-0.25, -0.2) is 22.6 Å². The molecule has 39 heavy (non-hydrogen) atoms. The quantitative estimate of drug-likeness (QED) is 0.288. The first-order valence-corrected chi connectivity index (χ1v) is 11.7. The van der Waals surface area contributed by atoms with E-state index in [1.807, 2.05) is 20.8 Å². The summed E-state index contributed by atoms with van der Waals surface area (Å²) in [4.78, 5) is 28.4. The van der Waals surface area contributed by atoms with Crippen LogP contribution in [-0.2, 0) is 5.41 Å². The largest absolute Gasteiger partial charge is 0.454 e. The van der Waals surface area contributed by atoms with Crippen LogP contribution in [0.1, 0.15) is 37.0 Å². The van der Waals surface area contributed by atoms with E-state index in [1.165, 1.54) is 42.2 Å². The first kappa shape index (κ1) is 27.2. The standard InChI is InChI=1S/C27H25F3N6O3/c1-27(2,3)23-14-24(36(35-23)18-10-15(28)9-16(29)11-18)34-26(38)33-17-5-6-22(20(30)12-17)39-19-7-8-32-21(13-19)25(37)31-4/h5-14H,1-4H3,(H,31,37)(H2,33,34,38). The number of nitrogens with zero attached hydrogens (tertiary/aromatic N) is 3. The number of halogens is 3. The maximum Gasteiger partial charge on any atom is 0.324 e. The van der Waals surface area contributed by atoms with Gasteiger partial charge in [-0.2, -0.15) is 5.10 Å². The van der Waals surface area contributed by atoms with Gasteiger partial charge < -0.3 is 15.4 Å². The Labute approximate surface area is 222 Å². The molecule has 202 valence electrons. The Bertz CT molecular complexity index is 1530. The molecule has 3 N–H and O–H groups in total. The fraction of sp³-hybridized carbons (Fsp3) is 0.185. The van der Waals surface area contributed by atoms with Gasteiger partial charge in [0.1, 0.15) is 28.9 Å². The van der Waals surface area contributed by atoms with Crippen LogP contribution in [-0.4, -0.2) is 33.8 Å². The van der Waals surface area contributed by atoms with Gasteiger partial charge in [-0.1, -0.05) is 20.8 Å². The second-order valence-corrected chi connectivity index (χ2v) is 9.49. The van der Waals surface area contributed by atoms with Crippen LogP contribution in [0.2, 0.25) is 0 Å². The first-order valence-electron chi connectivity index (χ1n) is 11.7. The van der Waals surface area contributed by atoms with Gasteiger partial charge in [0.15, 0.2) is 11.6 Å². The van der Waals surface area contributed by atoms with Crippen LogP contribution in [0.15, 0.2) is 60.8 Å². The Hall–Kier alpha value is -4.87. The predicted molar refractivity (Wildman–Crippen MR) is 139 cm³/mol. The molecule has 0 saturated heterocycles. The van der Waals surface area contributed by atoms with Gasteiger partial charge in [0.2, 0.25) is 0 Å². The number of hydrogen-bond acceptors (Lipinski definition) is 5. The molecule has 0 aliphatic carbocycles. The minimum atomic E-state index is -0.803. The number of nitrogens with one attached hydrogen (secondary N) is 3. The summed E-state index contributed by atoms with van der Waals surface area (Å²) in [5.74, 6) is -2.61. The number of urea groups is 1. The molecule has 0 saturated carbocycles. The fourth-order valence-corrected chi connectivity index (χ4v) is 3.49. The molecule has 0 spiro atoms. The average molecular weight is 539 g/mol. The molecule has 2 aromatic heterocycles. The second-order valence-electron chi connectivity index (χ2n) is 9.49. The SMILES string of the molecule is CNC(=O)c1cc(Oc2ccc(NC(=O)Nc3cc(C(C)(C)C)nn3-c3cc(F)cc(F)c3)cc2F)ccn1. The van der Waals surface area contributed by atoms with Crippen LogP contribution in [0.5, 0.6) is 11.5 Å². The maximum absolute atomic E-state index is 14.8. The Balaban J connectivity index is 1.52. The molecule has 0 unspecified atom stereocenters. The lowest BCUT2D eigenvalue weighted by molar-refractivity contribution is 0.0957. The second kappa shape index (κ2) is 10.9. The molecule has 0 atom stereocenters. The summed E-state index contributed by atoms with van der Waals surface area (Å²) in [5.41, 5.74) is 0.406. The number of aromatic nitrogens is 3. The van der Waals surface area contributed by atoms with Crippen LogP contribution < -0.4 is 20.7 Å². The van der Waals surface area contributed by atoms with Gasteiger partial charge in [-0.05, 0) is 30.3 Å². The van der Waals surface area contributed by atoms with Gasteiger partial charge in [0.25, 0.3) is 5.91 Å². The molecule has 12 heteroatoms. The van der Waals surface area contributed by atoms with Crippen molar-refractivity contribution >= 4 is 23.4 Å². The van der Waals surface area contributed by atoms with Crippen LogP contribution in [0.25, 0.3) is 5.69 Å². The van der Waals surface area contributed by atoms with Gasteiger partial charge in [-0.3, -0.25) is 15.1 Å². The topological polar surface area (TPSA) is 110 Å². The lowest BCUT2D eigenvalue weighted by Crippen LogP contribution is -2.21. The van der Waals surface area contributed by atoms with Crippen LogP contribution in [0, 0.1) is 17.5 Å². The number of carbonyl (C=O) groups excluding carboxylic acids is 2. The number of amides is 3. The van der Waals surface area contributed by atoms with Crippen molar-refractivity contribution in [3.63, 3.8) is 0 Å². The number of carbonyl (C=O) groups is 2. The Morgan fingerprint density at radius 1 is 0.923 bits per heavy atom. The Kier molecular flexibility index (Phi) is 7.56. The summed E-state index contributed by atoms with van der Waals surface area (Å²) in [7, 11) is 1.46. The van der Waals surface area contributed by atoms with Crippen molar-refractivity contribution in [3.05, 3.63) is 89.6 Å². The van der Waals surface area contributed by atoms with Gasteiger partial charge in [0, 0.05) is 48.6 Å². The molecular weight excluding hydrogens is 513 g/mol. The molecule has 9 nitrogen and oxygen atoms in total. The van der Waals surface area contributed by atoms with Crippen molar-refractivity contribution in [2.75, 3.05) is 17.7 Å². The van der Waals surface area contributed by atoms with Crippen LogP contribution >= 0.6 is 0 Å². The van der Waals surface area contributed by atoms with Gasteiger partial charge in [-0.15, -0.1) is 0 Å². The highest BCUT2D eigenvalue weighted by Gasteiger charge is 2.22. The van der Waals surface area contributed by atoms with E-state index in [2.05, 4.69) is 26.0 Å². The van der Waals surface area contributed by atoms with Crippen molar-refractivity contribution in [1.82, 2.24) is 20.1 Å². The highest BCUT2D eigenvalue weighted by atomic mass is 19.1. The van der Waals surface area contributed by atoms with E-state index >= 15 is 0 Å². The molecule has 0 aliphatic rings. The van der Waals surface area contributed by atoms with Gasteiger partial charge in [0.05, 0.1) is 11.4 Å². The number of pyridine rings is 1. The van der Waals surface area contributed by atoms with Crippen LogP contribution in [0.4, 0.5) is 29.5 Å². The van der Waals surface area contributed by atoms with Crippen molar-refractivity contribution in [2.24, 2.45) is 0 Å². The summed E-state index contributed by atoms with van der Waals surface area (Å²) in [6.45, 7) is 5.69. The monoisotopic (exact) mass is 538 g/mol. The molecule has 3 amide bonds. The zero-order valence-electron chi connectivity index (χ0n) is 21.5. The van der Waals surface area contributed by atoms with Crippen molar-refractivity contribution < 1.29 is 27.5 Å². The molecule has 4 aromatic rings. The van der Waals surface area contributed by atoms with Crippen LogP contribution in [0.3, 0.4) is 0 Å². The molecule has 4 rings (SSSR count). The fourth-order valence-electron chi connectivity index (χ4n) is 3.49. The minimum absolute atomic E-state index is 0.0709. The summed E-state index contributed by atoms with van der Waals surface area (Å²) in [6.07, 6.45) is 1.35. The number of anilines is 2. The Morgan fingerprint density at radius 3 is 2.28 bits per heavy atom. The third-order valence-corrected chi connectivity index (χ3v) is 5.42. The smallest absolute Gasteiger partial charge is 0.324 e. The molecule has 2 aromatic carbocycles. The molecule has 0 aliphatic heterocycles. The number of rotatable bonds is 6. The summed E-state index contributed by atoms with van der Waals surface area (Å²) in [6, 6.07) is 10.3. The lowest BCUT2D eigenvalue weighted by Gasteiger charge is -2.14. The zero-order chi connectivity index (χ0) is 28.3. The third kappa shape index (κ3) is 6.53. The van der Waals surface area contributed by atoms with Crippen molar-refractivity contribution in [3.8, 4) is 17.2 Å². The molecule has 0 fully saturated rings. The first-order chi connectivity index (χ1) is 18.4. The molecule has 2 heterocycles. The summed E-state index contributed by atoms with van der Waals surface area (Å²) in [5, 5.41) is 12.0. The summed E-state index contributed by atoms with van der Waals surface area (Å²) >= 11 is 0. The normalized spacial score (nSPS) is 11.2. The zero-order valence-corrected chi connectivity index (χ0v) is 21.5. The summed E-state index contributed by atoms with van der Waals surface area (Å²) < 4.78 is 49.2. The minimum Gasteiger partial charge on any atom is -0.454 e. The molecule has 0 bridgehead atoms. The highest BCUT2D eigenvalue weighted by Crippen LogP contribution is 2.29. The van der Waals surface area contributed by atoms with E-state index in [0.717, 1.165) is 24.3 Å². The third-order valence-electron chi connectivity index (χ3n) is 5.42. The van der Waals surface area contributed by atoms with Crippen molar-refractivity contribution in [2.45, 2.75) is 26.2 Å². The average Bonchev–Trinajstić information content (AvgIpc) is 3.29. The molecule has 0 radical (unpaired) electrons. The van der Waals surface area contributed by atoms with Crippen molar-refractivity contribution in [1.29, 1.82) is 0 Å². The van der Waals surface area contributed by atoms with E-state index in [-0.39, 0.29) is 34.4 Å². The van der Waals surface area contributed by atoms with E-state index in [4.69, 9.17) is 4.74 Å². The van der Waals surface area contributed by atoms with E-state index in [9.17, 15) is 22.8 Å². The van der Waals surface area contributed by atoms with E-state index in [0.29, 0.717) is 5.69 Å². The number of benzene rings is 2. The number of ether oxygens (including phenoxy) is 1. The van der Waals surface area contributed by atoms with E-state index < -0.39 is 34.8 Å². The highest BCUT2D eigenvalue weighted by molar-refractivity contribution is 5.99.